The minimum atomic E-state index is -1.57. The van der Waals surface area contributed by atoms with Gasteiger partial charge in [0, 0.05) is 11.1 Å². The molecule has 0 saturated heterocycles. The summed E-state index contributed by atoms with van der Waals surface area (Å²) in [6.07, 6.45) is 3.94. The number of rotatable bonds is 6. The van der Waals surface area contributed by atoms with E-state index in [0.717, 1.165) is 28.4 Å². The molecule has 0 fully saturated rings. The van der Waals surface area contributed by atoms with Gasteiger partial charge in [-0.1, -0.05) is 40.7 Å². The molecular formula is C22H28BrFO3. The maximum atomic E-state index is 14.3. The van der Waals surface area contributed by atoms with Gasteiger partial charge in [0.1, 0.15) is 5.75 Å². The molecule has 1 N–H and O–H groups in total. The Hall–Kier alpha value is -1.62. The van der Waals surface area contributed by atoms with Crippen molar-refractivity contribution in [2.45, 2.75) is 59.8 Å². The van der Waals surface area contributed by atoms with Gasteiger partial charge in [-0.15, -0.1) is 0 Å². The van der Waals surface area contributed by atoms with E-state index >= 15 is 0 Å². The van der Waals surface area contributed by atoms with Crippen LogP contribution in [0.15, 0.2) is 22.4 Å². The van der Waals surface area contributed by atoms with Gasteiger partial charge in [-0.3, -0.25) is 0 Å². The first kappa shape index (κ1) is 21.7. The summed E-state index contributed by atoms with van der Waals surface area (Å²) in [5, 5.41) is 9.11. The largest absolute Gasteiger partial charge is 0.492 e. The minimum Gasteiger partial charge on any atom is -0.492 e. The Morgan fingerprint density at radius 1 is 1.41 bits per heavy atom. The highest BCUT2D eigenvalue weighted by Gasteiger charge is 2.34. The number of benzene rings is 1. The lowest BCUT2D eigenvalue weighted by atomic mass is 9.70. The van der Waals surface area contributed by atoms with Gasteiger partial charge in [0.2, 0.25) is 5.83 Å². The molecular weight excluding hydrogens is 411 g/mol. The van der Waals surface area contributed by atoms with E-state index < -0.39 is 11.8 Å². The Morgan fingerprint density at radius 3 is 2.56 bits per heavy atom. The van der Waals surface area contributed by atoms with E-state index in [-0.39, 0.29) is 11.0 Å². The lowest BCUT2D eigenvalue weighted by Gasteiger charge is -2.36. The maximum absolute atomic E-state index is 14.3. The highest BCUT2D eigenvalue weighted by molar-refractivity contribution is 9.10. The molecule has 1 aliphatic carbocycles. The van der Waals surface area contributed by atoms with Crippen LogP contribution < -0.4 is 4.74 Å². The SMILES string of the molecule is CCCOc1c(C(C)=C(F)C(=O)O)cc2c(c1Br)C(C)(C)CC=C2C(C)C. The molecule has 0 bridgehead atoms. The Labute approximate surface area is 169 Å². The average molecular weight is 439 g/mol. The highest BCUT2D eigenvalue weighted by Crippen LogP contribution is 2.50. The van der Waals surface area contributed by atoms with Gasteiger partial charge >= 0.3 is 5.97 Å². The molecule has 0 unspecified atom stereocenters. The summed E-state index contributed by atoms with van der Waals surface area (Å²) < 4.78 is 21.0. The standard InChI is InChI=1S/C22H28BrFO3/c1-7-10-27-20-15(13(4)19(24)21(25)26)11-16-14(12(2)3)8-9-22(5,6)17(16)18(20)23/h8,11-12H,7,9-10H2,1-6H3,(H,25,26). The van der Waals surface area contributed by atoms with Crippen LogP contribution in [-0.4, -0.2) is 17.7 Å². The molecule has 2 rings (SSSR count). The fourth-order valence-corrected chi connectivity index (χ4v) is 4.63. The number of allylic oxidation sites excluding steroid dienone is 3. The van der Waals surface area contributed by atoms with Crippen LogP contribution in [-0.2, 0) is 10.2 Å². The lowest BCUT2D eigenvalue weighted by Crippen LogP contribution is -2.24. The Morgan fingerprint density at radius 2 is 2.04 bits per heavy atom. The first-order chi connectivity index (χ1) is 12.5. The zero-order valence-corrected chi connectivity index (χ0v) is 18.5. The van der Waals surface area contributed by atoms with Crippen molar-refractivity contribution >= 4 is 33.0 Å². The quantitative estimate of drug-likeness (QED) is 0.499. The van der Waals surface area contributed by atoms with Crippen LogP contribution >= 0.6 is 15.9 Å². The maximum Gasteiger partial charge on any atom is 0.365 e. The number of fused-ring (bicyclic) bond motifs is 1. The molecule has 27 heavy (non-hydrogen) atoms. The summed E-state index contributed by atoms with van der Waals surface area (Å²) in [6.45, 7) is 12.6. The number of halogens is 2. The van der Waals surface area contributed by atoms with Crippen LogP contribution in [0.25, 0.3) is 11.1 Å². The number of carboxylic acid groups (broad SMARTS) is 1. The van der Waals surface area contributed by atoms with Crippen molar-refractivity contribution in [2.24, 2.45) is 5.92 Å². The van der Waals surface area contributed by atoms with Crippen molar-refractivity contribution in [3.8, 4) is 5.75 Å². The average Bonchev–Trinajstić information content (AvgIpc) is 2.58. The minimum absolute atomic E-state index is 0.0728. The molecule has 1 aromatic rings. The summed E-state index contributed by atoms with van der Waals surface area (Å²) in [5.41, 5.74) is 3.80. The second kappa shape index (κ2) is 8.17. The van der Waals surface area contributed by atoms with Gasteiger partial charge in [0.05, 0.1) is 11.1 Å². The highest BCUT2D eigenvalue weighted by atomic mass is 79.9. The van der Waals surface area contributed by atoms with Crippen LogP contribution in [0.3, 0.4) is 0 Å². The first-order valence-corrected chi connectivity index (χ1v) is 10.1. The zero-order chi connectivity index (χ0) is 20.5. The molecule has 0 atom stereocenters. The fourth-order valence-electron chi connectivity index (χ4n) is 3.55. The van der Waals surface area contributed by atoms with E-state index in [1.807, 2.05) is 13.0 Å². The number of carbonyl (C=O) groups is 1. The normalized spacial score (nSPS) is 16.6. The summed E-state index contributed by atoms with van der Waals surface area (Å²) in [7, 11) is 0. The molecule has 0 amide bonds. The van der Waals surface area contributed by atoms with Gasteiger partial charge in [0.15, 0.2) is 0 Å². The number of hydrogen-bond acceptors (Lipinski definition) is 2. The Kier molecular flexibility index (Phi) is 6.56. The van der Waals surface area contributed by atoms with Crippen LogP contribution in [0.1, 0.15) is 71.1 Å². The summed E-state index contributed by atoms with van der Waals surface area (Å²) in [4.78, 5) is 11.2. The molecule has 5 heteroatoms. The number of carboxylic acids is 1. The molecule has 0 saturated carbocycles. The molecule has 0 aromatic heterocycles. The zero-order valence-electron chi connectivity index (χ0n) is 16.9. The van der Waals surface area contributed by atoms with Crippen molar-refractivity contribution < 1.29 is 19.0 Å². The number of ether oxygens (including phenoxy) is 1. The molecule has 148 valence electrons. The Balaban J connectivity index is 2.88. The molecule has 1 aromatic carbocycles. The van der Waals surface area contributed by atoms with E-state index in [9.17, 15) is 9.18 Å². The van der Waals surface area contributed by atoms with Crippen LogP contribution in [0, 0.1) is 5.92 Å². The molecule has 0 heterocycles. The van der Waals surface area contributed by atoms with Gasteiger partial charge < -0.3 is 9.84 Å². The van der Waals surface area contributed by atoms with E-state index in [2.05, 4.69) is 49.7 Å². The van der Waals surface area contributed by atoms with Gasteiger partial charge in [0.25, 0.3) is 0 Å². The summed E-state index contributed by atoms with van der Waals surface area (Å²) in [6, 6.07) is 1.90. The number of aliphatic carboxylic acids is 1. The molecule has 0 radical (unpaired) electrons. The van der Waals surface area contributed by atoms with E-state index in [4.69, 9.17) is 9.84 Å². The molecule has 3 nitrogen and oxygen atoms in total. The molecule has 1 aliphatic rings. The third-order valence-electron chi connectivity index (χ3n) is 5.04. The van der Waals surface area contributed by atoms with Crippen LogP contribution in [0.2, 0.25) is 0 Å². The van der Waals surface area contributed by atoms with Gasteiger partial charge in [-0.2, -0.15) is 4.39 Å². The molecule has 0 aliphatic heterocycles. The van der Waals surface area contributed by atoms with Crippen molar-refractivity contribution in [3.63, 3.8) is 0 Å². The van der Waals surface area contributed by atoms with E-state index in [1.165, 1.54) is 12.5 Å². The van der Waals surface area contributed by atoms with Crippen LogP contribution in [0.5, 0.6) is 5.75 Å². The van der Waals surface area contributed by atoms with Crippen molar-refractivity contribution in [3.05, 3.63) is 39.1 Å². The van der Waals surface area contributed by atoms with Crippen molar-refractivity contribution in [2.75, 3.05) is 6.61 Å². The monoisotopic (exact) mass is 438 g/mol. The van der Waals surface area contributed by atoms with E-state index in [1.54, 1.807) is 0 Å². The predicted octanol–water partition coefficient (Wildman–Crippen LogP) is 6.74. The van der Waals surface area contributed by atoms with Crippen molar-refractivity contribution in [1.29, 1.82) is 0 Å². The predicted molar refractivity (Wildman–Crippen MR) is 112 cm³/mol. The van der Waals surface area contributed by atoms with Gasteiger partial charge in [-0.05, 0) is 69.8 Å². The van der Waals surface area contributed by atoms with Crippen LogP contribution in [0.4, 0.5) is 4.39 Å². The van der Waals surface area contributed by atoms with Crippen molar-refractivity contribution in [1.82, 2.24) is 0 Å². The summed E-state index contributed by atoms with van der Waals surface area (Å²) >= 11 is 3.71. The molecule has 0 spiro atoms. The smallest absolute Gasteiger partial charge is 0.365 e. The van der Waals surface area contributed by atoms with Gasteiger partial charge in [-0.25, -0.2) is 4.79 Å². The number of hydrogen-bond donors (Lipinski definition) is 1. The van der Waals surface area contributed by atoms with E-state index in [0.29, 0.717) is 23.8 Å². The third kappa shape index (κ3) is 4.13. The summed E-state index contributed by atoms with van der Waals surface area (Å²) in [5.74, 6) is -1.91. The third-order valence-corrected chi connectivity index (χ3v) is 5.79. The topological polar surface area (TPSA) is 46.5 Å². The Bertz CT molecular complexity index is 819. The lowest BCUT2D eigenvalue weighted by molar-refractivity contribution is -0.134. The second-order valence-corrected chi connectivity index (χ2v) is 8.78. The second-order valence-electron chi connectivity index (χ2n) is 7.98. The first-order valence-electron chi connectivity index (χ1n) is 9.33. The fraction of sp³-hybridized carbons (Fsp3) is 0.500.